The summed E-state index contributed by atoms with van der Waals surface area (Å²) < 4.78 is 5.26. The van der Waals surface area contributed by atoms with E-state index in [0.29, 0.717) is 23.7 Å². The number of carbonyl (C=O) groups is 1. The molecule has 2 rings (SSSR count). The van der Waals surface area contributed by atoms with Gasteiger partial charge < -0.3 is 9.32 Å². The lowest BCUT2D eigenvalue weighted by Gasteiger charge is -2.20. The van der Waals surface area contributed by atoms with Gasteiger partial charge in [0.15, 0.2) is 0 Å². The number of aromatic nitrogens is 1. The van der Waals surface area contributed by atoms with Crippen molar-refractivity contribution in [3.05, 3.63) is 52.7 Å². The molecule has 0 spiro atoms. The lowest BCUT2D eigenvalue weighted by molar-refractivity contribution is 0.0741. The molecule has 0 radical (unpaired) electrons. The number of rotatable bonds is 4. The molecule has 0 saturated carbocycles. The Hall–Kier alpha value is -1.81. The van der Waals surface area contributed by atoms with Crippen LogP contribution in [0.3, 0.4) is 0 Å². The number of furan rings is 1. The fourth-order valence-corrected chi connectivity index (χ4v) is 2.06. The predicted molar refractivity (Wildman–Crippen MR) is 73.1 cm³/mol. The van der Waals surface area contributed by atoms with Crippen molar-refractivity contribution in [1.82, 2.24) is 9.88 Å². The molecule has 0 bridgehead atoms. The molecule has 5 heteroatoms. The van der Waals surface area contributed by atoms with Crippen molar-refractivity contribution in [2.45, 2.75) is 20.4 Å². The highest BCUT2D eigenvalue weighted by Gasteiger charge is 2.18. The number of pyridine rings is 1. The Bertz CT molecular complexity index is 567. The SMILES string of the molecule is CCN(Cc1ccco1)C(=O)c1cnc(C)cc1Cl. The molecule has 0 unspecified atom stereocenters. The van der Waals surface area contributed by atoms with Crippen LogP contribution in [-0.4, -0.2) is 22.3 Å². The Morgan fingerprint density at radius 3 is 2.89 bits per heavy atom. The molecule has 0 aliphatic heterocycles. The van der Waals surface area contributed by atoms with Crippen molar-refractivity contribution < 1.29 is 9.21 Å². The normalized spacial score (nSPS) is 10.5. The standard InChI is InChI=1S/C14H15ClN2O2/c1-3-17(9-11-5-4-6-19-11)14(18)12-8-16-10(2)7-13(12)15/h4-8H,3,9H2,1-2H3. The first-order chi connectivity index (χ1) is 9.11. The summed E-state index contributed by atoms with van der Waals surface area (Å²) in [6.07, 6.45) is 3.11. The Morgan fingerprint density at radius 1 is 1.53 bits per heavy atom. The molecule has 2 aromatic rings. The number of amides is 1. The predicted octanol–water partition coefficient (Wildman–Crippen LogP) is 3.30. The van der Waals surface area contributed by atoms with Crippen LogP contribution in [0.5, 0.6) is 0 Å². The quantitative estimate of drug-likeness (QED) is 0.862. The van der Waals surface area contributed by atoms with Gasteiger partial charge in [0.25, 0.3) is 5.91 Å². The van der Waals surface area contributed by atoms with Gasteiger partial charge >= 0.3 is 0 Å². The van der Waals surface area contributed by atoms with E-state index in [9.17, 15) is 4.79 Å². The summed E-state index contributed by atoms with van der Waals surface area (Å²) in [6, 6.07) is 5.33. The second-order valence-corrected chi connectivity index (χ2v) is 4.61. The van der Waals surface area contributed by atoms with Gasteiger partial charge in [-0.15, -0.1) is 0 Å². The first-order valence-corrected chi connectivity index (χ1v) is 6.43. The summed E-state index contributed by atoms with van der Waals surface area (Å²) >= 11 is 6.10. The largest absolute Gasteiger partial charge is 0.467 e. The fourth-order valence-electron chi connectivity index (χ4n) is 1.77. The minimum atomic E-state index is -0.142. The first-order valence-electron chi connectivity index (χ1n) is 6.05. The highest BCUT2D eigenvalue weighted by atomic mass is 35.5. The third-order valence-electron chi connectivity index (χ3n) is 2.82. The van der Waals surface area contributed by atoms with Crippen molar-refractivity contribution in [1.29, 1.82) is 0 Å². The van der Waals surface area contributed by atoms with E-state index in [4.69, 9.17) is 16.0 Å². The molecule has 2 aromatic heterocycles. The molecule has 1 amide bonds. The van der Waals surface area contributed by atoms with Gasteiger partial charge in [0, 0.05) is 18.4 Å². The summed E-state index contributed by atoms with van der Waals surface area (Å²) in [5.74, 6) is 0.600. The lowest BCUT2D eigenvalue weighted by atomic mass is 10.2. The number of hydrogen-bond donors (Lipinski definition) is 0. The maximum atomic E-state index is 12.4. The number of hydrogen-bond acceptors (Lipinski definition) is 3. The van der Waals surface area contributed by atoms with Gasteiger partial charge in [0.05, 0.1) is 23.4 Å². The lowest BCUT2D eigenvalue weighted by Crippen LogP contribution is -2.30. The zero-order chi connectivity index (χ0) is 13.8. The molecular formula is C14H15ClN2O2. The van der Waals surface area contributed by atoms with Crippen molar-refractivity contribution >= 4 is 17.5 Å². The molecule has 100 valence electrons. The third-order valence-corrected chi connectivity index (χ3v) is 3.13. The van der Waals surface area contributed by atoms with E-state index < -0.39 is 0 Å². The van der Waals surface area contributed by atoms with Crippen LogP contribution in [0.25, 0.3) is 0 Å². The Balaban J connectivity index is 2.20. The van der Waals surface area contributed by atoms with Crippen LogP contribution < -0.4 is 0 Å². The van der Waals surface area contributed by atoms with E-state index >= 15 is 0 Å². The highest BCUT2D eigenvalue weighted by Crippen LogP contribution is 2.19. The van der Waals surface area contributed by atoms with Crippen LogP contribution in [-0.2, 0) is 6.54 Å². The number of carbonyl (C=O) groups excluding carboxylic acids is 1. The van der Waals surface area contributed by atoms with Gasteiger partial charge in [-0.05, 0) is 32.0 Å². The van der Waals surface area contributed by atoms with Gasteiger partial charge in [-0.1, -0.05) is 11.6 Å². The summed E-state index contributed by atoms with van der Waals surface area (Å²) in [5, 5.41) is 0.426. The van der Waals surface area contributed by atoms with Gasteiger partial charge in [0.1, 0.15) is 5.76 Å². The van der Waals surface area contributed by atoms with E-state index in [-0.39, 0.29) is 5.91 Å². The van der Waals surface area contributed by atoms with E-state index in [0.717, 1.165) is 11.5 Å². The Labute approximate surface area is 117 Å². The topological polar surface area (TPSA) is 46.3 Å². The molecule has 0 aromatic carbocycles. The van der Waals surface area contributed by atoms with Gasteiger partial charge in [0.2, 0.25) is 0 Å². The van der Waals surface area contributed by atoms with Crippen molar-refractivity contribution in [3.63, 3.8) is 0 Å². The van der Waals surface area contributed by atoms with E-state index in [1.54, 1.807) is 23.3 Å². The van der Waals surface area contributed by atoms with Crippen LogP contribution in [0.1, 0.15) is 28.7 Å². The smallest absolute Gasteiger partial charge is 0.257 e. The highest BCUT2D eigenvalue weighted by molar-refractivity contribution is 6.33. The minimum Gasteiger partial charge on any atom is -0.467 e. The molecule has 4 nitrogen and oxygen atoms in total. The van der Waals surface area contributed by atoms with Crippen LogP contribution >= 0.6 is 11.6 Å². The second kappa shape index (κ2) is 5.89. The number of aryl methyl sites for hydroxylation is 1. The van der Waals surface area contributed by atoms with Gasteiger partial charge in [-0.2, -0.15) is 0 Å². The molecule has 0 saturated heterocycles. The molecule has 2 heterocycles. The summed E-state index contributed by atoms with van der Waals surface area (Å²) in [7, 11) is 0. The van der Waals surface area contributed by atoms with Crippen LogP contribution in [0, 0.1) is 6.92 Å². The zero-order valence-corrected chi connectivity index (χ0v) is 11.6. The molecule has 0 atom stereocenters. The Kier molecular flexibility index (Phi) is 4.22. The maximum absolute atomic E-state index is 12.4. The average Bonchev–Trinajstić information content (AvgIpc) is 2.88. The molecule has 0 aliphatic carbocycles. The third kappa shape index (κ3) is 3.15. The maximum Gasteiger partial charge on any atom is 0.257 e. The van der Waals surface area contributed by atoms with Crippen molar-refractivity contribution in [2.24, 2.45) is 0 Å². The zero-order valence-electron chi connectivity index (χ0n) is 10.9. The van der Waals surface area contributed by atoms with Gasteiger partial charge in [-0.3, -0.25) is 9.78 Å². The summed E-state index contributed by atoms with van der Waals surface area (Å²) in [6.45, 7) is 4.74. The van der Waals surface area contributed by atoms with Crippen LogP contribution in [0.2, 0.25) is 5.02 Å². The van der Waals surface area contributed by atoms with Gasteiger partial charge in [-0.25, -0.2) is 0 Å². The van der Waals surface area contributed by atoms with Crippen molar-refractivity contribution in [3.8, 4) is 0 Å². The Morgan fingerprint density at radius 2 is 2.32 bits per heavy atom. The van der Waals surface area contributed by atoms with E-state index in [1.165, 1.54) is 6.20 Å². The molecular weight excluding hydrogens is 264 g/mol. The molecule has 0 N–H and O–H groups in total. The monoisotopic (exact) mass is 278 g/mol. The first kappa shape index (κ1) is 13.6. The molecule has 0 fully saturated rings. The second-order valence-electron chi connectivity index (χ2n) is 4.20. The number of nitrogens with zero attached hydrogens (tertiary/aromatic N) is 2. The molecule has 19 heavy (non-hydrogen) atoms. The number of halogens is 1. The minimum absolute atomic E-state index is 0.142. The molecule has 0 aliphatic rings. The van der Waals surface area contributed by atoms with Crippen LogP contribution in [0.4, 0.5) is 0 Å². The summed E-state index contributed by atoms with van der Waals surface area (Å²) in [5.41, 5.74) is 1.20. The fraction of sp³-hybridized carbons (Fsp3) is 0.286. The van der Waals surface area contributed by atoms with E-state index in [1.807, 2.05) is 19.9 Å². The van der Waals surface area contributed by atoms with E-state index in [2.05, 4.69) is 4.98 Å². The van der Waals surface area contributed by atoms with Crippen LogP contribution in [0.15, 0.2) is 35.1 Å². The average molecular weight is 279 g/mol. The summed E-state index contributed by atoms with van der Waals surface area (Å²) in [4.78, 5) is 18.2. The van der Waals surface area contributed by atoms with Crippen molar-refractivity contribution in [2.75, 3.05) is 6.54 Å².